The second-order valence-corrected chi connectivity index (χ2v) is 7.17. The fourth-order valence-corrected chi connectivity index (χ4v) is 3.57. The van der Waals surface area contributed by atoms with Gasteiger partial charge in [0.05, 0.1) is 4.90 Å². The van der Waals surface area contributed by atoms with Crippen LogP contribution in [-0.2, 0) is 23.0 Å². The molecule has 0 unspecified atom stereocenters. The zero-order valence-electron chi connectivity index (χ0n) is 13.3. The average Bonchev–Trinajstić information content (AvgIpc) is 2.49. The van der Waals surface area contributed by atoms with Crippen LogP contribution in [-0.4, -0.2) is 13.0 Å². The molecule has 0 spiro atoms. The topological polar surface area (TPSA) is 54.4 Å². The Hall–Kier alpha value is -1.39. The molecule has 0 aromatic heterocycles. The van der Waals surface area contributed by atoms with E-state index in [0.717, 1.165) is 48.4 Å². The summed E-state index contributed by atoms with van der Waals surface area (Å²) in [6.45, 7) is 4.23. The molecule has 1 N–H and O–H groups in total. The van der Waals surface area contributed by atoms with Gasteiger partial charge in [0, 0.05) is 0 Å². The lowest BCUT2D eigenvalue weighted by Gasteiger charge is -2.12. The van der Waals surface area contributed by atoms with Crippen molar-refractivity contribution in [2.24, 2.45) is 0 Å². The molecular weight excluding hydrogens is 296 g/mol. The van der Waals surface area contributed by atoms with E-state index in [0.29, 0.717) is 6.42 Å². The number of hydrogen-bond acceptors (Lipinski definition) is 2. The van der Waals surface area contributed by atoms with E-state index in [2.05, 4.69) is 19.9 Å². The third-order valence-electron chi connectivity index (χ3n) is 4.03. The lowest BCUT2D eigenvalue weighted by molar-refractivity contribution is 0.482. The monoisotopic (exact) mass is 320 g/mol. The third kappa shape index (κ3) is 3.87. The fourth-order valence-electron chi connectivity index (χ4n) is 2.80. The van der Waals surface area contributed by atoms with E-state index < -0.39 is 10.1 Å². The van der Waals surface area contributed by atoms with Gasteiger partial charge >= 0.3 is 0 Å². The maximum absolute atomic E-state index is 11.7. The first-order chi connectivity index (χ1) is 10.5. The number of hydrogen-bond donors (Lipinski definition) is 1. The maximum atomic E-state index is 11.7. The number of aryl methyl sites for hydroxylation is 2. The Morgan fingerprint density at radius 1 is 0.955 bits per heavy atom. The van der Waals surface area contributed by atoms with Crippen molar-refractivity contribution in [2.45, 2.75) is 57.3 Å². The normalized spacial score (nSPS) is 12.0. The van der Waals surface area contributed by atoms with Crippen molar-refractivity contribution in [3.8, 4) is 0 Å². The Kier molecular flexibility index (Phi) is 5.59. The predicted octanol–water partition coefficient (Wildman–Crippen LogP) is 4.77. The van der Waals surface area contributed by atoms with E-state index in [-0.39, 0.29) is 4.90 Å². The number of benzene rings is 2. The van der Waals surface area contributed by atoms with Crippen molar-refractivity contribution in [2.75, 3.05) is 0 Å². The van der Waals surface area contributed by atoms with Gasteiger partial charge in [-0.05, 0) is 59.7 Å². The molecule has 0 atom stereocenters. The first kappa shape index (κ1) is 17.0. The lowest BCUT2D eigenvalue weighted by Crippen LogP contribution is -2.04. The SMILES string of the molecule is CCCCc1cc2c(CCCC)cccc2cc1S(=O)(=O)O. The van der Waals surface area contributed by atoms with E-state index in [4.69, 9.17) is 0 Å². The summed E-state index contributed by atoms with van der Waals surface area (Å²) in [6, 6.07) is 9.54. The van der Waals surface area contributed by atoms with Crippen molar-refractivity contribution >= 4 is 20.9 Å². The second kappa shape index (κ2) is 7.25. The van der Waals surface area contributed by atoms with Crippen molar-refractivity contribution in [1.82, 2.24) is 0 Å². The molecule has 2 aromatic carbocycles. The van der Waals surface area contributed by atoms with Gasteiger partial charge in [0.2, 0.25) is 0 Å². The van der Waals surface area contributed by atoms with Crippen LogP contribution in [0.15, 0.2) is 35.2 Å². The van der Waals surface area contributed by atoms with Crippen LogP contribution in [0.4, 0.5) is 0 Å². The molecule has 0 saturated carbocycles. The van der Waals surface area contributed by atoms with Gasteiger partial charge in [0.25, 0.3) is 10.1 Å². The van der Waals surface area contributed by atoms with Gasteiger partial charge in [0.15, 0.2) is 0 Å². The predicted molar refractivity (Wildman–Crippen MR) is 91.0 cm³/mol. The summed E-state index contributed by atoms with van der Waals surface area (Å²) in [5, 5.41) is 1.98. The molecule has 0 bridgehead atoms. The second-order valence-electron chi connectivity index (χ2n) is 5.78. The molecule has 0 fully saturated rings. The molecule has 0 radical (unpaired) electrons. The largest absolute Gasteiger partial charge is 0.294 e. The highest BCUT2D eigenvalue weighted by Gasteiger charge is 2.17. The highest BCUT2D eigenvalue weighted by molar-refractivity contribution is 7.85. The summed E-state index contributed by atoms with van der Waals surface area (Å²) in [7, 11) is -4.19. The molecular formula is C18H24O3S. The molecule has 4 heteroatoms. The standard InChI is InChI=1S/C18H24O3S/c1-3-5-8-14-10-7-11-15-13-18(22(19,20)21)16(9-6-4-2)12-17(14)15/h7,10-13H,3-6,8-9H2,1-2H3,(H,19,20,21). The molecule has 3 nitrogen and oxygen atoms in total. The summed E-state index contributed by atoms with van der Waals surface area (Å²) in [5.41, 5.74) is 1.97. The van der Waals surface area contributed by atoms with E-state index in [1.807, 2.05) is 18.2 Å². The molecule has 0 amide bonds. The first-order valence-corrected chi connectivity index (χ1v) is 9.43. The van der Waals surface area contributed by atoms with Crippen LogP contribution >= 0.6 is 0 Å². The Morgan fingerprint density at radius 3 is 2.18 bits per heavy atom. The van der Waals surface area contributed by atoms with Gasteiger partial charge in [-0.2, -0.15) is 8.42 Å². The van der Waals surface area contributed by atoms with E-state index in [1.165, 1.54) is 5.56 Å². The van der Waals surface area contributed by atoms with E-state index >= 15 is 0 Å². The third-order valence-corrected chi connectivity index (χ3v) is 4.96. The smallest absolute Gasteiger partial charge is 0.282 e. The molecule has 0 aliphatic rings. The molecule has 2 rings (SSSR count). The highest BCUT2D eigenvalue weighted by Crippen LogP contribution is 2.28. The van der Waals surface area contributed by atoms with Crippen LogP contribution in [0.2, 0.25) is 0 Å². The van der Waals surface area contributed by atoms with Crippen LogP contribution in [0.25, 0.3) is 10.8 Å². The molecule has 120 valence electrons. The zero-order chi connectivity index (χ0) is 16.2. The van der Waals surface area contributed by atoms with Crippen LogP contribution in [0, 0.1) is 0 Å². The number of fused-ring (bicyclic) bond motifs is 1. The molecule has 2 aromatic rings. The quantitative estimate of drug-likeness (QED) is 0.747. The van der Waals surface area contributed by atoms with Crippen molar-refractivity contribution in [1.29, 1.82) is 0 Å². The van der Waals surface area contributed by atoms with Gasteiger partial charge in [-0.3, -0.25) is 4.55 Å². The average molecular weight is 320 g/mol. The Balaban J connectivity index is 2.61. The minimum absolute atomic E-state index is 0.0566. The molecule has 0 aliphatic heterocycles. The fraction of sp³-hybridized carbons (Fsp3) is 0.444. The van der Waals surface area contributed by atoms with Crippen molar-refractivity contribution in [3.05, 3.63) is 41.5 Å². The minimum Gasteiger partial charge on any atom is -0.282 e. The molecule has 0 heterocycles. The van der Waals surface area contributed by atoms with E-state index in [9.17, 15) is 13.0 Å². The van der Waals surface area contributed by atoms with Gasteiger partial charge < -0.3 is 0 Å². The minimum atomic E-state index is -4.19. The van der Waals surface area contributed by atoms with E-state index in [1.54, 1.807) is 6.07 Å². The summed E-state index contributed by atoms with van der Waals surface area (Å²) in [4.78, 5) is 0.0566. The van der Waals surface area contributed by atoms with Crippen LogP contribution in [0.1, 0.15) is 50.7 Å². The van der Waals surface area contributed by atoms with Gasteiger partial charge in [0.1, 0.15) is 0 Å². The summed E-state index contributed by atoms with van der Waals surface area (Å²) < 4.78 is 32.9. The van der Waals surface area contributed by atoms with Crippen LogP contribution < -0.4 is 0 Å². The summed E-state index contributed by atoms with van der Waals surface area (Å²) in [5.74, 6) is 0. The number of rotatable bonds is 7. The first-order valence-electron chi connectivity index (χ1n) is 7.99. The van der Waals surface area contributed by atoms with Crippen LogP contribution in [0.3, 0.4) is 0 Å². The highest BCUT2D eigenvalue weighted by atomic mass is 32.2. The van der Waals surface area contributed by atoms with Crippen LogP contribution in [0.5, 0.6) is 0 Å². The Labute approximate surface area is 133 Å². The molecule has 0 saturated heterocycles. The lowest BCUT2D eigenvalue weighted by atomic mass is 9.97. The van der Waals surface area contributed by atoms with Crippen molar-refractivity contribution < 1.29 is 13.0 Å². The van der Waals surface area contributed by atoms with Gasteiger partial charge in [-0.1, -0.05) is 44.9 Å². The Bertz CT molecular complexity index is 748. The molecule has 0 aliphatic carbocycles. The van der Waals surface area contributed by atoms with Gasteiger partial charge in [-0.25, -0.2) is 0 Å². The Morgan fingerprint density at radius 2 is 1.59 bits per heavy atom. The number of unbranched alkanes of at least 4 members (excludes halogenated alkanes) is 2. The molecule has 22 heavy (non-hydrogen) atoms. The van der Waals surface area contributed by atoms with Crippen molar-refractivity contribution in [3.63, 3.8) is 0 Å². The summed E-state index contributed by atoms with van der Waals surface area (Å²) in [6.07, 6.45) is 5.80. The maximum Gasteiger partial charge on any atom is 0.294 e. The summed E-state index contributed by atoms with van der Waals surface area (Å²) >= 11 is 0. The zero-order valence-corrected chi connectivity index (χ0v) is 14.1. The van der Waals surface area contributed by atoms with Gasteiger partial charge in [-0.15, -0.1) is 0 Å².